The highest BCUT2D eigenvalue weighted by Crippen LogP contribution is 2.45. The predicted molar refractivity (Wildman–Crippen MR) is 203 cm³/mol. The van der Waals surface area contributed by atoms with E-state index in [0.717, 1.165) is 50.7 Å². The topological polar surface area (TPSA) is 150 Å². The maximum atomic E-state index is 12.7. The molecule has 9 nitrogen and oxygen atoms in total. The maximum Gasteiger partial charge on any atom is 0.326 e. The molecule has 4 N–H and O–H groups in total. The van der Waals surface area contributed by atoms with Crippen molar-refractivity contribution >= 4 is 46.3 Å². The summed E-state index contributed by atoms with van der Waals surface area (Å²) in [5.41, 5.74) is -1.32. The van der Waals surface area contributed by atoms with E-state index in [4.69, 9.17) is 0 Å². The third kappa shape index (κ3) is 16.5. The van der Waals surface area contributed by atoms with E-state index < -0.39 is 45.7 Å². The lowest BCUT2D eigenvalue weighted by Crippen LogP contribution is -2.50. The quantitative estimate of drug-likeness (QED) is 0.158. The monoisotopic (exact) mass is 730 g/mol. The molecule has 2 rings (SSSR count). The van der Waals surface area contributed by atoms with E-state index in [0.29, 0.717) is 12.2 Å². The number of aliphatic carboxylic acids is 2. The molecule has 49 heavy (non-hydrogen) atoms. The first-order valence-electron chi connectivity index (χ1n) is 18.2. The van der Waals surface area contributed by atoms with Crippen LogP contribution in [-0.2, 0) is 30.0 Å². The van der Waals surface area contributed by atoms with Gasteiger partial charge in [-0.05, 0) is 73.9 Å². The van der Waals surface area contributed by atoms with Crippen molar-refractivity contribution < 1.29 is 33.6 Å². The number of carboxylic acids is 2. The summed E-state index contributed by atoms with van der Waals surface area (Å²) in [4.78, 5) is 48.2. The van der Waals surface area contributed by atoms with Crippen LogP contribution in [0.25, 0.3) is 0 Å². The summed E-state index contributed by atoms with van der Waals surface area (Å²) in [7, 11) is -1.03. The molecule has 11 heteroatoms. The van der Waals surface area contributed by atoms with Crippen LogP contribution in [-0.4, -0.2) is 71.3 Å². The smallest absolute Gasteiger partial charge is 0.326 e. The van der Waals surface area contributed by atoms with Gasteiger partial charge in [0.25, 0.3) is 0 Å². The lowest BCUT2D eigenvalue weighted by Gasteiger charge is -2.39. The van der Waals surface area contributed by atoms with Gasteiger partial charge in [0.1, 0.15) is 12.1 Å². The summed E-state index contributed by atoms with van der Waals surface area (Å²) in [6.45, 7) is 23.4. The van der Waals surface area contributed by atoms with Gasteiger partial charge >= 0.3 is 11.9 Å². The maximum absolute atomic E-state index is 12.7. The fourth-order valence-corrected chi connectivity index (χ4v) is 9.12. The number of carboxylic acid groups (broad SMARTS) is 2. The van der Waals surface area contributed by atoms with Crippen LogP contribution in [0.1, 0.15) is 160 Å². The molecule has 0 aromatic heterocycles. The minimum Gasteiger partial charge on any atom is -0.480 e. The highest BCUT2D eigenvalue weighted by atomic mass is 32.2. The zero-order valence-electron chi connectivity index (χ0n) is 32.8. The first-order chi connectivity index (χ1) is 22.1. The van der Waals surface area contributed by atoms with E-state index in [1.54, 1.807) is 20.8 Å². The Morgan fingerprint density at radius 3 is 1.29 bits per heavy atom. The second-order valence-corrected chi connectivity index (χ2v) is 22.9. The van der Waals surface area contributed by atoms with Gasteiger partial charge in [-0.1, -0.05) is 101 Å². The zero-order valence-corrected chi connectivity index (χ0v) is 34.4. The second-order valence-electron chi connectivity index (χ2n) is 18.9. The van der Waals surface area contributed by atoms with Gasteiger partial charge in [0, 0.05) is 38.9 Å². The minimum atomic E-state index is -1.03. The molecule has 0 radical (unpaired) electrons. The summed E-state index contributed by atoms with van der Waals surface area (Å²) < 4.78 is 12.6. The number of amides is 2. The van der Waals surface area contributed by atoms with Gasteiger partial charge in [-0.25, -0.2) is 9.59 Å². The summed E-state index contributed by atoms with van der Waals surface area (Å²) in [5, 5.41) is 24.3. The Labute approximate surface area is 304 Å². The van der Waals surface area contributed by atoms with Crippen molar-refractivity contribution in [1.29, 1.82) is 0 Å². The highest BCUT2D eigenvalue weighted by molar-refractivity contribution is 8.00. The van der Waals surface area contributed by atoms with Crippen LogP contribution >= 0.6 is 11.8 Å². The molecule has 0 heterocycles. The molecular formula is C38H70N2O7S2. The van der Waals surface area contributed by atoms with E-state index in [-0.39, 0.29) is 38.6 Å². The van der Waals surface area contributed by atoms with Gasteiger partial charge < -0.3 is 20.8 Å². The molecule has 286 valence electrons. The van der Waals surface area contributed by atoms with Crippen molar-refractivity contribution in [3.8, 4) is 0 Å². The molecule has 2 aliphatic rings. The van der Waals surface area contributed by atoms with Crippen LogP contribution in [0.4, 0.5) is 0 Å². The number of hydrogen-bond donors (Lipinski definition) is 4. The van der Waals surface area contributed by atoms with Crippen LogP contribution in [0.3, 0.4) is 0 Å². The van der Waals surface area contributed by atoms with Crippen LogP contribution in [0.15, 0.2) is 0 Å². The van der Waals surface area contributed by atoms with Gasteiger partial charge in [0.05, 0.1) is 0 Å². The third-order valence-electron chi connectivity index (χ3n) is 9.67. The minimum absolute atomic E-state index is 0.0151. The van der Waals surface area contributed by atoms with E-state index in [1.165, 1.54) is 19.3 Å². The molecule has 0 aliphatic heterocycles. The highest BCUT2D eigenvalue weighted by Gasteiger charge is 2.41. The molecule has 0 saturated heterocycles. The fourth-order valence-electron chi connectivity index (χ4n) is 6.61. The van der Waals surface area contributed by atoms with Crippen molar-refractivity contribution in [1.82, 2.24) is 10.6 Å². The first-order valence-corrected chi connectivity index (χ1v) is 20.5. The van der Waals surface area contributed by atoms with Crippen LogP contribution in [0, 0.1) is 21.7 Å². The average Bonchev–Trinajstić information content (AvgIpc) is 2.92. The lowest BCUT2D eigenvalue weighted by molar-refractivity contribution is -0.145. The van der Waals surface area contributed by atoms with E-state index in [2.05, 4.69) is 31.4 Å². The van der Waals surface area contributed by atoms with E-state index in [1.807, 2.05) is 53.3 Å². The summed E-state index contributed by atoms with van der Waals surface area (Å²) >= 11 is 1.92. The van der Waals surface area contributed by atoms with Crippen LogP contribution in [0.2, 0.25) is 0 Å². The Morgan fingerprint density at radius 2 is 0.980 bits per heavy atom. The van der Waals surface area contributed by atoms with Crippen LogP contribution in [0.5, 0.6) is 0 Å². The number of nitrogens with one attached hydrogen (secondary N) is 2. The van der Waals surface area contributed by atoms with Crippen molar-refractivity contribution in [2.45, 2.75) is 182 Å². The first kappa shape index (κ1) is 45.4. The van der Waals surface area contributed by atoms with Crippen molar-refractivity contribution in [2.24, 2.45) is 21.7 Å². The molecule has 2 saturated carbocycles. The van der Waals surface area contributed by atoms with Crippen LogP contribution < -0.4 is 10.6 Å². The Balaban J connectivity index is 0.000000490. The normalized spacial score (nSPS) is 20.1. The van der Waals surface area contributed by atoms with Gasteiger partial charge in [0.15, 0.2) is 0 Å². The summed E-state index contributed by atoms with van der Waals surface area (Å²) in [6.07, 6.45) is 11.4. The van der Waals surface area contributed by atoms with Gasteiger partial charge in [0.2, 0.25) is 11.8 Å². The molecule has 2 aliphatic carbocycles. The molecule has 0 bridgehead atoms. The molecule has 3 atom stereocenters. The Kier molecular flexibility index (Phi) is 16.9. The van der Waals surface area contributed by atoms with Gasteiger partial charge in [-0.2, -0.15) is 11.8 Å². The second kappa shape index (κ2) is 18.2. The fraction of sp³-hybridized carbons (Fsp3) is 0.895. The predicted octanol–water partition coefficient (Wildman–Crippen LogP) is 7.96. The molecule has 2 amide bonds. The standard InChI is InChI=1S/C19H35NO4S.C19H35NO3S/c1-17(2,3)15(16(22)23)20-14(21)12-19(10-8-7-9-11-19)13-25(24)18(4,5)6;1-17(2,3)15(16(22)23)20-14(21)12-19(10-8-7-9-11-19)13-24-18(4,5)6/h15H,7-13H2,1-6H3,(H,20,21)(H,22,23);15H,7-13H2,1-6H3,(H,20,21)(H,22,23)/t15-,25?;15-/m11/s1. The molecular weight excluding hydrogens is 661 g/mol. The van der Waals surface area contributed by atoms with Crippen molar-refractivity contribution in [3.05, 3.63) is 0 Å². The zero-order chi connectivity index (χ0) is 38.1. The summed E-state index contributed by atoms with van der Waals surface area (Å²) in [5.74, 6) is -0.854. The number of thioether (sulfide) groups is 1. The average molecular weight is 731 g/mol. The van der Waals surface area contributed by atoms with Gasteiger partial charge in [-0.3, -0.25) is 13.8 Å². The Morgan fingerprint density at radius 1 is 0.633 bits per heavy atom. The molecule has 1 unspecified atom stereocenters. The Bertz CT molecular complexity index is 1130. The number of carbonyl (C=O) groups is 4. The SMILES string of the molecule is CC(C)(C)SCC1(CC(=O)N[C@H](C(=O)O)C(C)(C)C)CCCCC1.CC(C)(C)[C@H](NC(=O)CC1(CS(=O)C(C)(C)C)CCCCC1)C(=O)O. The van der Waals surface area contributed by atoms with E-state index in [9.17, 15) is 33.6 Å². The van der Waals surface area contributed by atoms with Crippen molar-refractivity contribution in [3.63, 3.8) is 0 Å². The molecule has 0 aromatic rings. The molecule has 0 aromatic carbocycles. The Hall–Kier alpha value is -1.62. The van der Waals surface area contributed by atoms with Gasteiger partial charge in [-0.15, -0.1) is 0 Å². The molecule has 0 spiro atoms. The molecule has 2 fully saturated rings. The summed E-state index contributed by atoms with van der Waals surface area (Å²) in [6, 6.07) is -1.77. The number of carbonyl (C=O) groups excluding carboxylic acids is 2. The number of hydrogen-bond acceptors (Lipinski definition) is 6. The largest absolute Gasteiger partial charge is 0.480 e. The lowest BCUT2D eigenvalue weighted by atomic mass is 9.73. The number of rotatable bonds is 12. The third-order valence-corrected chi connectivity index (χ3v) is 13.5. The van der Waals surface area contributed by atoms with Crippen molar-refractivity contribution in [2.75, 3.05) is 11.5 Å². The van der Waals surface area contributed by atoms with E-state index >= 15 is 0 Å².